The van der Waals surface area contributed by atoms with Gasteiger partial charge in [0.1, 0.15) is 5.75 Å². The molecule has 0 aromatic heterocycles. The number of benzene rings is 2. The summed E-state index contributed by atoms with van der Waals surface area (Å²) in [5, 5.41) is 8.92. The number of carbonyl (C=O) groups is 1. The molecule has 0 N–H and O–H groups in total. The van der Waals surface area contributed by atoms with Crippen molar-refractivity contribution in [1.29, 1.82) is 5.26 Å². The largest absolute Gasteiger partial charge is 0.480 e. The van der Waals surface area contributed by atoms with E-state index in [0.29, 0.717) is 11.6 Å². The third-order valence-electron chi connectivity index (χ3n) is 5.05. The Labute approximate surface area is 190 Å². The number of alkyl halides is 6. The molecule has 1 amide bonds. The lowest BCUT2D eigenvalue weighted by atomic mass is 9.89. The van der Waals surface area contributed by atoms with E-state index in [1.54, 1.807) is 13.8 Å². The van der Waals surface area contributed by atoms with Crippen LogP contribution in [0.2, 0.25) is 0 Å². The van der Waals surface area contributed by atoms with Crippen molar-refractivity contribution in [2.45, 2.75) is 43.1 Å². The number of rotatable bonds is 5. The zero-order chi connectivity index (χ0) is 24.6. The van der Waals surface area contributed by atoms with Gasteiger partial charge in [0.15, 0.2) is 6.10 Å². The zero-order valence-corrected chi connectivity index (χ0v) is 18.2. The Hall–Kier alpha value is -2.87. The molecule has 1 aliphatic heterocycles. The first-order valence-electron chi connectivity index (χ1n) is 9.61. The van der Waals surface area contributed by atoms with E-state index < -0.39 is 40.2 Å². The van der Waals surface area contributed by atoms with Crippen LogP contribution >= 0.6 is 11.8 Å². The molecule has 1 atom stereocenters. The number of ether oxygens (including phenoxy) is 1. The van der Waals surface area contributed by atoms with Crippen LogP contribution in [-0.4, -0.2) is 29.0 Å². The normalized spacial score (nSPS) is 18.3. The molecule has 1 heterocycles. The van der Waals surface area contributed by atoms with Gasteiger partial charge in [0.25, 0.3) is 5.91 Å². The lowest BCUT2D eigenvalue weighted by molar-refractivity contribution is -0.138. The average Bonchev–Trinajstić information content (AvgIpc) is 2.90. The van der Waals surface area contributed by atoms with Crippen molar-refractivity contribution in [3.63, 3.8) is 0 Å². The molecule has 0 saturated carbocycles. The van der Waals surface area contributed by atoms with Crippen molar-refractivity contribution in [2.24, 2.45) is 5.41 Å². The summed E-state index contributed by atoms with van der Waals surface area (Å²) in [5.74, 6) is -0.644. The molecule has 11 heteroatoms. The van der Waals surface area contributed by atoms with Crippen LogP contribution in [0.3, 0.4) is 0 Å². The molecular formula is C22H18F6N2O2S. The Morgan fingerprint density at radius 1 is 1.12 bits per heavy atom. The minimum absolute atomic E-state index is 0.0156. The average molecular weight is 488 g/mol. The maximum atomic E-state index is 13.2. The Morgan fingerprint density at radius 2 is 1.76 bits per heavy atom. The van der Waals surface area contributed by atoms with E-state index in [-0.39, 0.29) is 35.5 Å². The first kappa shape index (κ1) is 24.8. The first-order valence-corrected chi connectivity index (χ1v) is 10.4. The number of carbonyl (C=O) groups excluding carboxylic acids is 1. The molecule has 3 rings (SSSR count). The van der Waals surface area contributed by atoms with Gasteiger partial charge in [0.2, 0.25) is 0 Å². The molecule has 1 fully saturated rings. The highest BCUT2D eigenvalue weighted by Crippen LogP contribution is 2.39. The lowest BCUT2D eigenvalue weighted by Crippen LogP contribution is -2.36. The van der Waals surface area contributed by atoms with Crippen LogP contribution in [0.4, 0.5) is 26.3 Å². The summed E-state index contributed by atoms with van der Waals surface area (Å²) in [6.07, 6.45) is -5.84. The van der Waals surface area contributed by atoms with Crippen molar-refractivity contribution in [1.82, 2.24) is 4.90 Å². The minimum Gasteiger partial charge on any atom is -0.480 e. The fraction of sp³-hybridized carbons (Fsp3) is 0.364. The number of hydrogen-bond acceptors (Lipinski definition) is 4. The van der Waals surface area contributed by atoms with Gasteiger partial charge in [0, 0.05) is 23.4 Å². The molecule has 2 aromatic rings. The van der Waals surface area contributed by atoms with Crippen LogP contribution in [0.15, 0.2) is 47.4 Å². The quantitative estimate of drug-likeness (QED) is 0.382. The van der Waals surface area contributed by atoms with Crippen LogP contribution in [0.25, 0.3) is 0 Å². The predicted octanol–water partition coefficient (Wildman–Crippen LogP) is 6.00. The van der Waals surface area contributed by atoms with E-state index in [4.69, 9.17) is 10.00 Å². The molecule has 176 valence electrons. The number of nitriles is 1. The van der Waals surface area contributed by atoms with Gasteiger partial charge in [-0.1, -0.05) is 26.0 Å². The SMILES string of the molecule is CC1(C)CN(Cc2ccc(SC(F)(F)F)cc2)C(=O)C1Oc1ccc(C#N)c(C(F)(F)F)c1. The Bertz CT molecular complexity index is 1070. The summed E-state index contributed by atoms with van der Waals surface area (Å²) in [6, 6.07) is 9.96. The molecule has 33 heavy (non-hydrogen) atoms. The monoisotopic (exact) mass is 488 g/mol. The van der Waals surface area contributed by atoms with E-state index in [1.165, 1.54) is 41.3 Å². The van der Waals surface area contributed by atoms with Crippen molar-refractivity contribution < 1.29 is 35.9 Å². The van der Waals surface area contributed by atoms with Gasteiger partial charge in [-0.05, 0) is 47.7 Å². The topological polar surface area (TPSA) is 53.3 Å². The molecule has 2 aromatic carbocycles. The maximum absolute atomic E-state index is 13.2. The van der Waals surface area contributed by atoms with Crippen LogP contribution in [0, 0.1) is 16.7 Å². The highest BCUT2D eigenvalue weighted by molar-refractivity contribution is 8.00. The third-order valence-corrected chi connectivity index (χ3v) is 5.78. The molecule has 1 saturated heterocycles. The molecule has 0 spiro atoms. The number of likely N-dealkylation sites (tertiary alicyclic amines) is 1. The van der Waals surface area contributed by atoms with Crippen LogP contribution in [0.5, 0.6) is 5.75 Å². The predicted molar refractivity (Wildman–Crippen MR) is 108 cm³/mol. The second-order valence-corrected chi connectivity index (χ2v) is 9.33. The fourth-order valence-corrected chi connectivity index (χ4v) is 4.12. The standard InChI is InChI=1S/C22H18F6N2O2S/c1-20(2)12-30(11-13-3-7-16(8-4-13)33-22(26,27)28)19(31)18(20)32-15-6-5-14(10-29)17(9-15)21(23,24)25/h3-9,18H,11-12H2,1-2H3. The molecule has 4 nitrogen and oxygen atoms in total. The number of halogens is 6. The molecule has 1 aliphatic rings. The summed E-state index contributed by atoms with van der Waals surface area (Å²) in [4.78, 5) is 14.4. The lowest BCUT2D eigenvalue weighted by Gasteiger charge is -2.24. The van der Waals surface area contributed by atoms with Crippen molar-refractivity contribution in [3.05, 3.63) is 59.2 Å². The van der Waals surface area contributed by atoms with E-state index in [0.717, 1.165) is 6.07 Å². The molecule has 0 aliphatic carbocycles. The van der Waals surface area contributed by atoms with E-state index >= 15 is 0 Å². The van der Waals surface area contributed by atoms with Gasteiger partial charge in [-0.2, -0.15) is 31.6 Å². The number of nitrogens with zero attached hydrogens (tertiary/aromatic N) is 2. The van der Waals surface area contributed by atoms with E-state index in [2.05, 4.69) is 0 Å². The summed E-state index contributed by atoms with van der Waals surface area (Å²) >= 11 is -0.241. The fourth-order valence-electron chi connectivity index (χ4n) is 3.58. The van der Waals surface area contributed by atoms with Crippen LogP contribution in [0.1, 0.15) is 30.5 Å². The third kappa shape index (κ3) is 5.93. The Kier molecular flexibility index (Phi) is 6.62. The highest BCUT2D eigenvalue weighted by Gasteiger charge is 2.48. The van der Waals surface area contributed by atoms with E-state index in [1.807, 2.05) is 0 Å². The molecule has 1 unspecified atom stereocenters. The Morgan fingerprint density at radius 3 is 2.30 bits per heavy atom. The Balaban J connectivity index is 1.76. The number of thioether (sulfide) groups is 1. The first-order chi connectivity index (χ1) is 15.2. The van der Waals surface area contributed by atoms with Crippen molar-refractivity contribution in [2.75, 3.05) is 6.54 Å². The highest BCUT2D eigenvalue weighted by atomic mass is 32.2. The van der Waals surface area contributed by atoms with Gasteiger partial charge in [-0.25, -0.2) is 0 Å². The van der Waals surface area contributed by atoms with Crippen molar-refractivity contribution in [3.8, 4) is 11.8 Å². The van der Waals surface area contributed by atoms with Gasteiger partial charge in [0.05, 0.1) is 17.2 Å². The van der Waals surface area contributed by atoms with Gasteiger partial charge in [-0.15, -0.1) is 0 Å². The zero-order valence-electron chi connectivity index (χ0n) is 17.4. The van der Waals surface area contributed by atoms with Crippen molar-refractivity contribution >= 4 is 17.7 Å². The molecule has 0 bridgehead atoms. The summed E-state index contributed by atoms with van der Waals surface area (Å²) < 4.78 is 82.8. The summed E-state index contributed by atoms with van der Waals surface area (Å²) in [6.45, 7) is 3.80. The molecule has 0 radical (unpaired) electrons. The van der Waals surface area contributed by atoms with Crippen LogP contribution < -0.4 is 4.74 Å². The number of amides is 1. The molecular weight excluding hydrogens is 470 g/mol. The summed E-state index contributed by atoms with van der Waals surface area (Å²) in [5.41, 5.74) is -6.27. The van der Waals surface area contributed by atoms with Crippen LogP contribution in [-0.2, 0) is 17.5 Å². The van der Waals surface area contributed by atoms with E-state index in [9.17, 15) is 31.1 Å². The van der Waals surface area contributed by atoms with Gasteiger partial charge in [-0.3, -0.25) is 4.79 Å². The second kappa shape index (κ2) is 8.82. The van der Waals surface area contributed by atoms with Gasteiger partial charge >= 0.3 is 11.7 Å². The van der Waals surface area contributed by atoms with Gasteiger partial charge < -0.3 is 9.64 Å². The summed E-state index contributed by atoms with van der Waals surface area (Å²) in [7, 11) is 0. The minimum atomic E-state index is -4.76. The number of hydrogen-bond donors (Lipinski definition) is 0. The smallest absolute Gasteiger partial charge is 0.446 e. The second-order valence-electron chi connectivity index (χ2n) is 8.19. The maximum Gasteiger partial charge on any atom is 0.446 e.